The van der Waals surface area contributed by atoms with Crippen LogP contribution in [-0.4, -0.2) is 87.3 Å². The summed E-state index contributed by atoms with van der Waals surface area (Å²) in [7, 11) is 0. The number of carbonyl (C=O) groups is 2. The van der Waals surface area contributed by atoms with E-state index in [1.54, 1.807) is 0 Å². The number of hydrogen-bond acceptors (Lipinski definition) is 17. The molecule has 1 aliphatic heterocycles. The number of hydrogen-bond donors (Lipinski definition) is 5. The molecule has 1 saturated heterocycles. The third kappa shape index (κ3) is 7.53. The molecule has 0 amide bonds. The molecule has 16 nitrogen and oxygen atoms in total. The molecule has 4 aliphatic carbocycles. The number of carbonyl (C=O) groups excluding carboxylic acids is 1. The van der Waals surface area contributed by atoms with Crippen molar-refractivity contribution < 1.29 is 76.7 Å². The topological polar surface area (TPSA) is 218 Å². The summed E-state index contributed by atoms with van der Waals surface area (Å²) in [5.74, 6) is -1.72. The number of aliphatic carboxylic acids is 1. The molecule has 276 valence electrons. The normalized spacial score (nSPS) is 43.9. The van der Waals surface area contributed by atoms with Gasteiger partial charge in [-0.05, 0) is 80.0 Å². The number of ether oxygens (including phenoxy) is 3. The lowest BCUT2D eigenvalue weighted by Gasteiger charge is -2.62. The fourth-order valence-electron chi connectivity index (χ4n) is 10.1. The van der Waals surface area contributed by atoms with E-state index in [1.807, 2.05) is 13.8 Å². The van der Waals surface area contributed by atoms with E-state index in [-0.39, 0.29) is 66.6 Å². The van der Waals surface area contributed by atoms with Crippen LogP contribution < -0.4 is 0 Å². The molecule has 11 unspecified atom stereocenters. The molecule has 4 saturated carbocycles. The minimum Gasteiger partial charge on any atom is -0.481 e. The highest BCUT2D eigenvalue weighted by molar-refractivity contribution is 7.90. The van der Waals surface area contributed by atoms with E-state index in [9.17, 15) is 24.9 Å². The fraction of sp³-hybridized carbons (Fsp3) is 0.933. The van der Waals surface area contributed by atoms with Gasteiger partial charge in [-0.3, -0.25) is 18.0 Å². The van der Waals surface area contributed by atoms with Crippen molar-refractivity contribution in [2.75, 3.05) is 6.61 Å². The SMILES string of the molecule is CC(C)CC(=O)OC1C(OC2CC(C(=O)O)C3CCC45CC(CCC4C3(C)C2)C(C)[C@@H]5O)O[C@@H](CO)[C@@H](OSOOO)C1OSOOO. The molecule has 0 aromatic carbocycles. The predicted octanol–water partition coefficient (Wildman–Crippen LogP) is 4.11. The Morgan fingerprint density at radius 2 is 1.69 bits per heavy atom. The van der Waals surface area contributed by atoms with Gasteiger partial charge in [-0.1, -0.05) is 37.8 Å². The second kappa shape index (κ2) is 16.2. The van der Waals surface area contributed by atoms with E-state index < -0.39 is 72.8 Å². The number of fused-ring (bicyclic) bond motifs is 3. The smallest absolute Gasteiger partial charge is 0.306 e. The summed E-state index contributed by atoms with van der Waals surface area (Å²) in [6.45, 7) is 7.29. The van der Waals surface area contributed by atoms with Crippen molar-refractivity contribution in [2.24, 2.45) is 46.3 Å². The summed E-state index contributed by atoms with van der Waals surface area (Å²) in [6.07, 6.45) is -2.64. The van der Waals surface area contributed by atoms with Gasteiger partial charge in [0.25, 0.3) is 0 Å². The van der Waals surface area contributed by atoms with Crippen molar-refractivity contribution >= 4 is 36.6 Å². The monoisotopic (exact) mass is 728 g/mol. The van der Waals surface area contributed by atoms with Crippen LogP contribution in [0.4, 0.5) is 0 Å². The number of carboxylic acids is 1. The Balaban J connectivity index is 1.45. The highest BCUT2D eigenvalue weighted by Gasteiger charge is 2.67. The van der Waals surface area contributed by atoms with E-state index in [1.165, 1.54) is 0 Å². The number of esters is 1. The summed E-state index contributed by atoms with van der Waals surface area (Å²) in [4.78, 5) is 25.9. The molecule has 0 aromatic heterocycles. The van der Waals surface area contributed by atoms with Gasteiger partial charge >= 0.3 is 11.9 Å². The first-order chi connectivity index (χ1) is 22.9. The Bertz CT molecular complexity index is 1100. The van der Waals surface area contributed by atoms with Crippen LogP contribution in [0.25, 0.3) is 0 Å². The molecular weight excluding hydrogens is 680 g/mol. The average molecular weight is 729 g/mol. The third-order valence-electron chi connectivity index (χ3n) is 11.9. The van der Waals surface area contributed by atoms with Gasteiger partial charge in [-0.2, -0.15) is 0 Å². The Kier molecular flexibility index (Phi) is 13.0. The first kappa shape index (κ1) is 38.4. The van der Waals surface area contributed by atoms with Crippen molar-refractivity contribution in [3.63, 3.8) is 0 Å². The Hall–Kier alpha value is -0.840. The molecule has 48 heavy (non-hydrogen) atoms. The largest absolute Gasteiger partial charge is 0.481 e. The number of carboxylic acid groups (broad SMARTS) is 1. The molecule has 0 aromatic rings. The minimum absolute atomic E-state index is 0.0280. The Morgan fingerprint density at radius 1 is 1.00 bits per heavy atom. The molecular formula is C30H48O16S2. The molecule has 5 fully saturated rings. The average Bonchev–Trinajstić information content (AvgIpc) is 3.21. The van der Waals surface area contributed by atoms with E-state index in [2.05, 4.69) is 32.6 Å². The van der Waals surface area contributed by atoms with Gasteiger partial charge in [-0.15, -0.1) is 8.67 Å². The Labute approximate surface area is 287 Å². The highest BCUT2D eigenvalue weighted by atomic mass is 32.2. The van der Waals surface area contributed by atoms with Crippen molar-refractivity contribution in [2.45, 2.75) is 122 Å². The lowest BCUT2D eigenvalue weighted by Crippen LogP contribution is -2.63. The third-order valence-corrected chi connectivity index (χ3v) is 12.7. The predicted molar refractivity (Wildman–Crippen MR) is 164 cm³/mol. The first-order valence-corrected chi connectivity index (χ1v) is 17.9. The highest BCUT2D eigenvalue weighted by Crippen LogP contribution is 2.71. The van der Waals surface area contributed by atoms with Crippen LogP contribution in [0.3, 0.4) is 0 Å². The Morgan fingerprint density at radius 3 is 2.31 bits per heavy atom. The zero-order valence-electron chi connectivity index (χ0n) is 27.4. The van der Waals surface area contributed by atoms with Gasteiger partial charge in [0, 0.05) is 11.8 Å². The first-order valence-electron chi connectivity index (χ1n) is 16.5. The molecule has 1 spiro atoms. The van der Waals surface area contributed by atoms with Crippen molar-refractivity contribution in [3.05, 3.63) is 0 Å². The number of aliphatic hydroxyl groups excluding tert-OH is 2. The van der Waals surface area contributed by atoms with Crippen LogP contribution in [0, 0.1) is 46.3 Å². The summed E-state index contributed by atoms with van der Waals surface area (Å²) < 4.78 is 38.5. The maximum atomic E-state index is 13.1. The fourth-order valence-corrected chi connectivity index (χ4v) is 10.8. The van der Waals surface area contributed by atoms with E-state index in [0.717, 1.165) is 25.7 Å². The van der Waals surface area contributed by atoms with Crippen LogP contribution in [0.5, 0.6) is 0 Å². The summed E-state index contributed by atoms with van der Waals surface area (Å²) in [5.41, 5.74) is -0.749. The van der Waals surface area contributed by atoms with Gasteiger partial charge in [0.2, 0.25) is 0 Å². The minimum atomic E-state index is -1.37. The summed E-state index contributed by atoms with van der Waals surface area (Å²) >= 11 is 0.357. The summed E-state index contributed by atoms with van der Waals surface area (Å²) in [5, 5.41) is 56.9. The van der Waals surface area contributed by atoms with Crippen molar-refractivity contribution in [3.8, 4) is 0 Å². The van der Waals surface area contributed by atoms with Crippen LogP contribution in [0.2, 0.25) is 0 Å². The molecule has 5 aliphatic rings. The molecule has 1 heterocycles. The maximum Gasteiger partial charge on any atom is 0.306 e. The molecule has 5 N–H and O–H groups in total. The zero-order valence-corrected chi connectivity index (χ0v) is 29.0. The second-order valence-corrected chi connectivity index (χ2v) is 15.7. The van der Waals surface area contributed by atoms with Crippen molar-refractivity contribution in [1.29, 1.82) is 0 Å². The van der Waals surface area contributed by atoms with E-state index in [4.69, 9.17) is 33.1 Å². The van der Waals surface area contributed by atoms with Gasteiger partial charge in [0.1, 0.15) is 18.3 Å². The zero-order chi connectivity index (χ0) is 34.8. The molecule has 18 heteroatoms. The van der Waals surface area contributed by atoms with Gasteiger partial charge in [0.05, 0.1) is 24.7 Å². The van der Waals surface area contributed by atoms with Crippen molar-refractivity contribution in [1.82, 2.24) is 0 Å². The molecule has 14 atom stereocenters. The van der Waals surface area contributed by atoms with Gasteiger partial charge < -0.3 is 29.5 Å². The molecule has 2 bridgehead atoms. The van der Waals surface area contributed by atoms with Crippen LogP contribution in [-0.2, 0) is 50.9 Å². The van der Waals surface area contributed by atoms with E-state index in [0.29, 0.717) is 18.8 Å². The quantitative estimate of drug-likeness (QED) is 0.0400. The standard InChI is InChI=1S/C30H48O16S2/c1-14(2)9-22(32)40-25-24(42-48-46-44-37)23(41-47-45-43-36)20(13-31)39-28(25)38-17-10-18(27(34)35)19-7-8-30-11-16(15(3)26(30)33)5-6-21(30)29(19,4)12-17/h14-21,23-26,28,31,33,36-37H,5-13H2,1-4H3,(H,34,35)/t15?,16?,17?,18?,19?,20-,21?,23+,24?,25?,26-,28?,29?,30?/m0/s1. The van der Waals surface area contributed by atoms with Gasteiger partial charge in [0.15, 0.2) is 37.0 Å². The van der Waals surface area contributed by atoms with Gasteiger partial charge in [-0.25, -0.2) is 10.5 Å². The summed E-state index contributed by atoms with van der Waals surface area (Å²) in [6, 6.07) is 0. The lowest BCUT2D eigenvalue weighted by atomic mass is 9.43. The van der Waals surface area contributed by atoms with E-state index >= 15 is 0 Å². The van der Waals surface area contributed by atoms with Crippen LogP contribution in [0.1, 0.15) is 79.1 Å². The maximum absolute atomic E-state index is 13.1. The number of rotatable bonds is 15. The van der Waals surface area contributed by atoms with Crippen LogP contribution in [0.15, 0.2) is 0 Å². The molecule has 0 radical (unpaired) electrons. The lowest BCUT2D eigenvalue weighted by molar-refractivity contribution is -0.436. The molecule has 5 rings (SSSR count). The second-order valence-electron chi connectivity index (χ2n) is 14.7. The number of aliphatic hydroxyl groups is 2. The van der Waals surface area contributed by atoms with Crippen LogP contribution >= 0.6 is 24.6 Å².